The monoisotopic (exact) mass is 944 g/mol. The third-order valence-electron chi connectivity index (χ3n) is 13.7. The number of fused-ring (bicyclic) bond motifs is 6. The van der Waals surface area contributed by atoms with E-state index in [1.807, 2.05) is 98.8 Å². The molecule has 12 rings (SSSR count). The predicted octanol–water partition coefficient (Wildman–Crippen LogP) is 14.4. The van der Waals surface area contributed by atoms with Crippen LogP contribution in [-0.2, 0) is 0 Å². The molecule has 3 heterocycles. The van der Waals surface area contributed by atoms with Crippen LogP contribution < -0.4 is 0 Å². The lowest BCUT2D eigenvalue weighted by atomic mass is 10.0. The molecule has 0 saturated carbocycles. The van der Waals surface area contributed by atoms with Gasteiger partial charge in [0.2, 0.25) is 0 Å². The fourth-order valence-corrected chi connectivity index (χ4v) is 10.3. The highest BCUT2D eigenvalue weighted by Gasteiger charge is 2.25. The van der Waals surface area contributed by atoms with Crippen LogP contribution in [0, 0.1) is 70.5 Å². The Kier molecular flexibility index (Phi) is 10.6. The van der Waals surface area contributed by atoms with Crippen LogP contribution in [-0.4, -0.2) is 24.1 Å². The van der Waals surface area contributed by atoms with Crippen molar-refractivity contribution in [2.75, 3.05) is 0 Å². The van der Waals surface area contributed by atoms with Gasteiger partial charge in [-0.3, -0.25) is 0 Å². The zero-order chi connectivity index (χ0) is 50.6. The smallest absolute Gasteiger partial charge is 0.165 e. The highest BCUT2D eigenvalue weighted by Crippen LogP contribution is 2.43. The number of aryl methyl sites for hydroxylation is 2. The van der Waals surface area contributed by atoms with Crippen molar-refractivity contribution < 1.29 is 0 Å². The first-order valence-corrected chi connectivity index (χ1v) is 23.7. The molecule has 0 amide bonds. The molecule has 0 aliphatic carbocycles. The Morgan fingerprint density at radius 3 is 0.973 bits per heavy atom. The van der Waals surface area contributed by atoms with Crippen molar-refractivity contribution in [3.05, 3.63) is 221 Å². The van der Waals surface area contributed by atoms with Gasteiger partial charge in [-0.2, -0.15) is 26.3 Å². The predicted molar refractivity (Wildman–Crippen MR) is 289 cm³/mol. The Hall–Kier alpha value is -11.0. The van der Waals surface area contributed by atoms with Crippen LogP contribution in [0.1, 0.15) is 39.5 Å². The maximum Gasteiger partial charge on any atom is 0.165 e. The molecule has 0 atom stereocenters. The Morgan fingerprint density at radius 2 is 0.649 bits per heavy atom. The number of hydrogen-bond acceptors (Lipinski definition) is 8. The van der Waals surface area contributed by atoms with Crippen molar-refractivity contribution in [3.8, 4) is 97.6 Å². The first-order valence-electron chi connectivity index (χ1n) is 23.7. The number of benzene rings is 9. The summed E-state index contributed by atoms with van der Waals surface area (Å²) in [6.45, 7) is 3.68. The second-order valence-corrected chi connectivity index (χ2v) is 18.1. The number of nitrogens with zero attached hydrogens (tertiary/aromatic N) is 10. The molecule has 0 bridgehead atoms. The van der Waals surface area contributed by atoms with Crippen LogP contribution in [0.25, 0.3) is 111 Å². The largest absolute Gasteiger partial charge is 0.308 e. The zero-order valence-electron chi connectivity index (χ0n) is 39.8. The fraction of sp³-hybridized carbons (Fsp3) is 0.0312. The van der Waals surface area contributed by atoms with Crippen molar-refractivity contribution in [3.63, 3.8) is 0 Å². The molecule has 3 aromatic heterocycles. The zero-order valence-corrected chi connectivity index (χ0v) is 39.8. The van der Waals surface area contributed by atoms with Gasteiger partial charge in [0.15, 0.2) is 5.82 Å². The summed E-state index contributed by atoms with van der Waals surface area (Å²) in [6, 6.07) is 70.8. The molecule has 74 heavy (non-hydrogen) atoms. The van der Waals surface area contributed by atoms with Gasteiger partial charge in [-0.15, -0.1) is 0 Å². The van der Waals surface area contributed by atoms with Crippen molar-refractivity contribution >= 4 is 43.6 Å². The molecule has 0 radical (unpaired) electrons. The first kappa shape index (κ1) is 44.3. The first-order chi connectivity index (χ1) is 36.2. The van der Waals surface area contributed by atoms with E-state index in [0.717, 1.165) is 88.1 Å². The maximum absolute atomic E-state index is 11.6. The average molecular weight is 945 g/mol. The number of nitriles is 5. The van der Waals surface area contributed by atoms with Gasteiger partial charge in [-0.25, -0.2) is 15.0 Å². The third kappa shape index (κ3) is 7.52. The van der Waals surface area contributed by atoms with Crippen LogP contribution in [0.15, 0.2) is 182 Å². The van der Waals surface area contributed by atoms with Gasteiger partial charge in [0.1, 0.15) is 17.7 Å². The Labute approximate surface area is 425 Å². The van der Waals surface area contributed by atoms with Gasteiger partial charge in [0.25, 0.3) is 0 Å². The van der Waals surface area contributed by atoms with E-state index < -0.39 is 0 Å². The minimum absolute atomic E-state index is 0.365. The minimum atomic E-state index is 0.365. The Bertz CT molecular complexity index is 4340. The van der Waals surface area contributed by atoms with Crippen molar-refractivity contribution in [1.82, 2.24) is 24.1 Å². The lowest BCUT2D eigenvalue weighted by Crippen LogP contribution is -2.07. The molecule has 0 fully saturated rings. The summed E-state index contributed by atoms with van der Waals surface area (Å²) in [5.41, 5.74) is 14.8. The molecule has 0 aliphatic heterocycles. The maximum atomic E-state index is 11.6. The van der Waals surface area contributed by atoms with Crippen LogP contribution >= 0.6 is 0 Å². The van der Waals surface area contributed by atoms with Gasteiger partial charge in [-0.05, 0) is 143 Å². The lowest BCUT2D eigenvalue weighted by molar-refractivity contribution is 0.926. The lowest BCUT2D eigenvalue weighted by Gasteiger charge is -2.19. The molecule has 0 spiro atoms. The SMILES string of the molecule is Cc1nc(C)nc(-c2cc(-n3c4cc(-c5cccc(C#N)c5)ccc4c4ccc(-c5cccc(C#N)c5)cc43)c(C#N)cc2-n2c3cc(-c4cccc(C#N)c4)ccc3c3ccc(-c4cccc(C#N)c4)cc32)n1. The van der Waals surface area contributed by atoms with E-state index in [1.165, 1.54) is 0 Å². The Balaban J connectivity index is 1.20. The van der Waals surface area contributed by atoms with Crippen LogP contribution in [0.4, 0.5) is 0 Å². The van der Waals surface area contributed by atoms with Gasteiger partial charge in [0, 0.05) is 27.1 Å². The standard InChI is InChI=1S/C64H36N10/c1-38-70-39(2)72-64(71-38)57-32-58(73-59-27-48(44-11-3-7-40(23-44)33-65)15-19-53(59)54-20-16-49(28-60(54)73)45-12-4-8-41(24-45)34-66)52(37-69)31-63(57)74-61-29-50(46-13-5-9-42(25-46)35-67)17-21-55(61)56-22-18-51(30-62(56)74)47-14-6-10-43(26-47)36-68/h3-32H,1-2H3. The normalized spacial score (nSPS) is 11.0. The summed E-state index contributed by atoms with van der Waals surface area (Å²) in [4.78, 5) is 14.6. The summed E-state index contributed by atoms with van der Waals surface area (Å²) in [5, 5.41) is 54.9. The molecule has 10 heteroatoms. The van der Waals surface area contributed by atoms with Crippen LogP contribution in [0.3, 0.4) is 0 Å². The number of rotatable bonds is 7. The summed E-state index contributed by atoms with van der Waals surface area (Å²) in [6.07, 6.45) is 0. The van der Waals surface area contributed by atoms with E-state index in [2.05, 4.69) is 117 Å². The molecule has 342 valence electrons. The molecule has 9 aromatic carbocycles. The second kappa shape index (κ2) is 17.8. The molecule has 0 N–H and O–H groups in total. The Morgan fingerprint density at radius 1 is 0.324 bits per heavy atom. The minimum Gasteiger partial charge on any atom is -0.308 e. The van der Waals surface area contributed by atoms with Crippen LogP contribution in [0.5, 0.6) is 0 Å². The molecular formula is C64H36N10. The quantitative estimate of drug-likeness (QED) is 0.152. The van der Waals surface area contributed by atoms with E-state index >= 15 is 0 Å². The van der Waals surface area contributed by atoms with E-state index in [9.17, 15) is 26.3 Å². The second-order valence-electron chi connectivity index (χ2n) is 18.1. The molecule has 0 aliphatic rings. The summed E-state index contributed by atoms with van der Waals surface area (Å²) < 4.78 is 4.29. The van der Waals surface area contributed by atoms with Gasteiger partial charge in [0.05, 0.1) is 85.5 Å². The van der Waals surface area contributed by atoms with Gasteiger partial charge >= 0.3 is 0 Å². The number of hydrogen-bond donors (Lipinski definition) is 0. The molecule has 10 nitrogen and oxygen atoms in total. The van der Waals surface area contributed by atoms with Gasteiger partial charge in [-0.1, -0.05) is 97.1 Å². The third-order valence-corrected chi connectivity index (χ3v) is 13.7. The van der Waals surface area contributed by atoms with E-state index in [-0.39, 0.29) is 0 Å². The number of aromatic nitrogens is 5. The topological polar surface area (TPSA) is 167 Å². The average Bonchev–Trinajstić information content (AvgIpc) is 3.96. The van der Waals surface area contributed by atoms with Crippen LogP contribution in [0.2, 0.25) is 0 Å². The van der Waals surface area contributed by atoms with E-state index in [4.69, 9.17) is 9.97 Å². The van der Waals surface area contributed by atoms with Crippen molar-refractivity contribution in [2.45, 2.75) is 13.8 Å². The molecule has 0 unspecified atom stereocenters. The fourth-order valence-electron chi connectivity index (χ4n) is 10.3. The van der Waals surface area contributed by atoms with Crippen molar-refractivity contribution in [2.24, 2.45) is 0 Å². The molecule has 12 aromatic rings. The van der Waals surface area contributed by atoms with E-state index in [0.29, 0.717) is 62.2 Å². The molecular weight excluding hydrogens is 909 g/mol. The highest BCUT2D eigenvalue weighted by atomic mass is 15.1. The summed E-state index contributed by atoms with van der Waals surface area (Å²) >= 11 is 0. The highest BCUT2D eigenvalue weighted by molar-refractivity contribution is 6.13. The van der Waals surface area contributed by atoms with E-state index in [1.54, 1.807) is 24.3 Å². The molecule has 0 saturated heterocycles. The van der Waals surface area contributed by atoms with Gasteiger partial charge < -0.3 is 9.13 Å². The van der Waals surface area contributed by atoms with Crippen molar-refractivity contribution in [1.29, 1.82) is 26.3 Å². The summed E-state index contributed by atoms with van der Waals surface area (Å²) in [7, 11) is 0. The summed E-state index contributed by atoms with van der Waals surface area (Å²) in [5.74, 6) is 1.46.